The number of hydrogen-bond donors (Lipinski definition) is 1. The van der Waals surface area contributed by atoms with Gasteiger partial charge in [-0.1, -0.05) is 0 Å². The molecule has 2 heterocycles. The second-order valence-corrected chi connectivity index (χ2v) is 8.36. The van der Waals surface area contributed by atoms with Crippen molar-refractivity contribution in [1.82, 2.24) is 9.88 Å². The second-order valence-electron chi connectivity index (χ2n) is 6.52. The summed E-state index contributed by atoms with van der Waals surface area (Å²) in [4.78, 5) is 30.6. The number of likely N-dealkylation sites (tertiary alicyclic amines) is 1. The number of benzene rings is 1. The fourth-order valence-corrected chi connectivity index (χ4v) is 4.46. The highest BCUT2D eigenvalue weighted by Gasteiger charge is 2.23. The summed E-state index contributed by atoms with van der Waals surface area (Å²) in [6.07, 6.45) is 3.28. The Labute approximate surface area is 166 Å². The van der Waals surface area contributed by atoms with Gasteiger partial charge in [0, 0.05) is 23.5 Å². The van der Waals surface area contributed by atoms with Crippen LogP contribution in [-0.4, -0.2) is 45.8 Å². The van der Waals surface area contributed by atoms with Crippen LogP contribution in [0.2, 0.25) is 0 Å². The van der Waals surface area contributed by atoms with Crippen LogP contribution >= 0.6 is 23.1 Å². The molecule has 2 amide bonds. The van der Waals surface area contributed by atoms with Crippen LogP contribution in [0.5, 0.6) is 0 Å². The first-order chi connectivity index (χ1) is 13.0. The van der Waals surface area contributed by atoms with Crippen molar-refractivity contribution < 1.29 is 14.0 Å². The van der Waals surface area contributed by atoms with Gasteiger partial charge in [0.05, 0.1) is 17.2 Å². The van der Waals surface area contributed by atoms with Crippen molar-refractivity contribution in [3.63, 3.8) is 0 Å². The van der Waals surface area contributed by atoms with Gasteiger partial charge in [-0.2, -0.15) is 0 Å². The normalized spacial score (nSPS) is 17.0. The fourth-order valence-electron chi connectivity index (χ4n) is 3.02. The first-order valence-corrected chi connectivity index (χ1v) is 10.9. The molecule has 1 aliphatic rings. The summed E-state index contributed by atoms with van der Waals surface area (Å²) < 4.78 is 13.0. The van der Waals surface area contributed by atoms with Gasteiger partial charge in [0.2, 0.25) is 11.8 Å². The first kappa shape index (κ1) is 19.8. The molecule has 1 aromatic heterocycles. The molecule has 27 heavy (non-hydrogen) atoms. The highest BCUT2D eigenvalue weighted by Crippen LogP contribution is 2.25. The molecule has 0 spiro atoms. The zero-order valence-corrected chi connectivity index (χ0v) is 16.7. The third-order valence-corrected chi connectivity index (χ3v) is 6.15. The van der Waals surface area contributed by atoms with E-state index in [9.17, 15) is 14.0 Å². The van der Waals surface area contributed by atoms with Crippen molar-refractivity contribution in [3.05, 3.63) is 35.5 Å². The van der Waals surface area contributed by atoms with Gasteiger partial charge in [-0.3, -0.25) is 9.59 Å². The molecule has 2 aromatic rings. The molecule has 0 unspecified atom stereocenters. The number of nitrogens with zero attached hydrogens (tertiary/aromatic N) is 2. The Bertz CT molecular complexity index is 795. The predicted molar refractivity (Wildman–Crippen MR) is 108 cm³/mol. The quantitative estimate of drug-likeness (QED) is 0.786. The van der Waals surface area contributed by atoms with E-state index in [-0.39, 0.29) is 23.4 Å². The maximum atomic E-state index is 13.0. The van der Waals surface area contributed by atoms with Crippen LogP contribution in [0.25, 0.3) is 11.3 Å². The molecule has 1 saturated heterocycles. The molecule has 1 aromatic carbocycles. The Morgan fingerprint density at radius 3 is 2.81 bits per heavy atom. The molecule has 0 aliphatic carbocycles. The number of piperidine rings is 1. The number of aromatic nitrogens is 1. The largest absolute Gasteiger partial charge is 0.339 e. The lowest BCUT2D eigenvalue weighted by Crippen LogP contribution is -2.43. The number of anilines is 1. The fraction of sp³-hybridized carbons (Fsp3) is 0.421. The number of carbonyl (C=O) groups excluding carboxylic acids is 2. The molecule has 1 atom stereocenters. The number of thiazole rings is 1. The van der Waals surface area contributed by atoms with Gasteiger partial charge in [-0.25, -0.2) is 9.37 Å². The molecule has 1 fully saturated rings. The highest BCUT2D eigenvalue weighted by atomic mass is 32.2. The smallest absolute Gasteiger partial charge is 0.236 e. The molecule has 0 radical (unpaired) electrons. The van der Waals surface area contributed by atoms with Crippen LogP contribution in [0, 0.1) is 5.82 Å². The van der Waals surface area contributed by atoms with E-state index in [0.29, 0.717) is 22.6 Å². The Hall–Kier alpha value is -1.93. The average Bonchev–Trinajstić information content (AvgIpc) is 3.11. The van der Waals surface area contributed by atoms with Gasteiger partial charge in [-0.05, 0) is 50.5 Å². The Morgan fingerprint density at radius 2 is 2.07 bits per heavy atom. The third kappa shape index (κ3) is 5.52. The summed E-state index contributed by atoms with van der Waals surface area (Å²) >= 11 is 2.64. The van der Waals surface area contributed by atoms with Gasteiger partial charge >= 0.3 is 0 Å². The van der Waals surface area contributed by atoms with E-state index in [0.717, 1.165) is 24.9 Å². The molecule has 8 heteroatoms. The number of halogens is 1. The average molecular weight is 408 g/mol. The number of amides is 2. The van der Waals surface area contributed by atoms with Crippen molar-refractivity contribution in [2.45, 2.75) is 32.2 Å². The van der Waals surface area contributed by atoms with Gasteiger partial charge in [-0.15, -0.1) is 23.1 Å². The molecule has 5 nitrogen and oxygen atoms in total. The molecule has 1 N–H and O–H groups in total. The molecule has 0 bridgehead atoms. The van der Waals surface area contributed by atoms with Gasteiger partial charge in [0.25, 0.3) is 0 Å². The minimum absolute atomic E-state index is 0.104. The van der Waals surface area contributed by atoms with Crippen LogP contribution in [0.15, 0.2) is 29.6 Å². The molecule has 0 saturated carbocycles. The summed E-state index contributed by atoms with van der Waals surface area (Å²) in [6, 6.07) is 6.35. The molecule has 144 valence electrons. The van der Waals surface area contributed by atoms with Gasteiger partial charge < -0.3 is 10.2 Å². The van der Waals surface area contributed by atoms with Crippen molar-refractivity contribution in [2.75, 3.05) is 23.4 Å². The van der Waals surface area contributed by atoms with E-state index < -0.39 is 0 Å². The van der Waals surface area contributed by atoms with Crippen molar-refractivity contribution in [1.29, 1.82) is 0 Å². The van der Waals surface area contributed by atoms with E-state index in [1.807, 2.05) is 10.3 Å². The van der Waals surface area contributed by atoms with E-state index in [4.69, 9.17) is 0 Å². The molecule has 3 rings (SSSR count). The minimum Gasteiger partial charge on any atom is -0.339 e. The molecule has 1 aliphatic heterocycles. The van der Waals surface area contributed by atoms with Crippen LogP contribution in [0.1, 0.15) is 26.2 Å². The van der Waals surface area contributed by atoms with Crippen LogP contribution in [0.3, 0.4) is 0 Å². The summed E-state index contributed by atoms with van der Waals surface area (Å²) in [5.41, 5.74) is 1.49. The van der Waals surface area contributed by atoms with Gasteiger partial charge in [0.15, 0.2) is 5.13 Å². The molecular formula is C19H22FN3O2S2. The third-order valence-electron chi connectivity index (χ3n) is 4.47. The zero-order valence-electron chi connectivity index (χ0n) is 15.1. The lowest BCUT2D eigenvalue weighted by atomic mass is 10.0. The van der Waals surface area contributed by atoms with Crippen molar-refractivity contribution in [3.8, 4) is 11.3 Å². The second kappa shape index (κ2) is 9.32. The van der Waals surface area contributed by atoms with E-state index in [1.54, 1.807) is 12.1 Å². The van der Waals surface area contributed by atoms with E-state index in [2.05, 4.69) is 17.2 Å². The highest BCUT2D eigenvalue weighted by molar-refractivity contribution is 8.00. The number of thioether (sulfide) groups is 1. The van der Waals surface area contributed by atoms with Crippen LogP contribution in [0.4, 0.5) is 9.52 Å². The summed E-state index contributed by atoms with van der Waals surface area (Å²) in [5.74, 6) is 0.149. The summed E-state index contributed by atoms with van der Waals surface area (Å²) in [6.45, 7) is 2.90. The van der Waals surface area contributed by atoms with E-state index >= 15 is 0 Å². The Kier molecular flexibility index (Phi) is 6.84. The minimum atomic E-state index is -0.298. The van der Waals surface area contributed by atoms with Crippen molar-refractivity contribution >= 4 is 40.0 Å². The topological polar surface area (TPSA) is 62.3 Å². The number of rotatable bonds is 6. The summed E-state index contributed by atoms with van der Waals surface area (Å²) in [7, 11) is 0. The number of nitrogens with one attached hydrogen (secondary N) is 1. The number of carbonyl (C=O) groups is 2. The maximum Gasteiger partial charge on any atom is 0.236 e. The lowest BCUT2D eigenvalue weighted by molar-refractivity contribution is -0.131. The first-order valence-electron chi connectivity index (χ1n) is 8.91. The predicted octanol–water partition coefficient (Wildman–Crippen LogP) is 4.02. The SMILES string of the molecule is C[C@@H]1CCCCN1C(=O)CSCC(=O)Nc1nc(-c2ccc(F)cc2)cs1. The summed E-state index contributed by atoms with van der Waals surface area (Å²) in [5, 5.41) is 5.07. The standard InChI is InChI=1S/C19H22FN3O2S2/c1-13-4-2-3-9-23(13)18(25)12-26-11-17(24)22-19-21-16(10-27-19)14-5-7-15(20)8-6-14/h5-8,10,13H,2-4,9,11-12H2,1H3,(H,21,22,24)/t13-/m1/s1. The Morgan fingerprint density at radius 1 is 1.30 bits per heavy atom. The van der Waals surface area contributed by atoms with Crippen LogP contribution < -0.4 is 5.32 Å². The maximum absolute atomic E-state index is 13.0. The number of hydrogen-bond acceptors (Lipinski definition) is 5. The molecular weight excluding hydrogens is 385 g/mol. The monoisotopic (exact) mass is 407 g/mol. The zero-order chi connectivity index (χ0) is 19.2. The van der Waals surface area contributed by atoms with Crippen LogP contribution in [-0.2, 0) is 9.59 Å². The van der Waals surface area contributed by atoms with Crippen molar-refractivity contribution in [2.24, 2.45) is 0 Å². The Balaban J connectivity index is 1.44. The lowest BCUT2D eigenvalue weighted by Gasteiger charge is -2.33. The van der Waals surface area contributed by atoms with E-state index in [1.165, 1.54) is 41.7 Å². The van der Waals surface area contributed by atoms with Gasteiger partial charge in [0.1, 0.15) is 5.82 Å².